The lowest BCUT2D eigenvalue weighted by molar-refractivity contribution is 0.395. The molecule has 2 heteroatoms. The largest absolute Gasteiger partial charge is 0.320 e. The summed E-state index contributed by atoms with van der Waals surface area (Å²) in [6, 6.07) is 0. The molecule has 0 fully saturated rings. The molecule has 96 valence electrons. The zero-order chi connectivity index (χ0) is 13.5. The maximum absolute atomic E-state index is 4.03. The maximum atomic E-state index is 4.03. The van der Waals surface area contributed by atoms with E-state index in [-0.39, 0.29) is 5.54 Å². The third-order valence-corrected chi connectivity index (χ3v) is 2.74. The van der Waals surface area contributed by atoms with E-state index in [1.807, 2.05) is 52.2 Å². The van der Waals surface area contributed by atoms with Crippen LogP contribution in [0.1, 0.15) is 34.6 Å². The Morgan fingerprint density at radius 3 is 2.35 bits per heavy atom. The second kappa shape index (κ2) is 7.13. The number of hydrogen-bond acceptors (Lipinski definition) is 2. The molecule has 17 heavy (non-hydrogen) atoms. The molecule has 0 aromatic carbocycles. The van der Waals surface area contributed by atoms with Crippen LogP contribution in [0, 0.1) is 0 Å². The third-order valence-electron chi connectivity index (χ3n) is 2.74. The Kier molecular flexibility index (Phi) is 6.59. The van der Waals surface area contributed by atoms with Gasteiger partial charge in [-0.1, -0.05) is 32.6 Å². The zero-order valence-corrected chi connectivity index (χ0v) is 12.0. The van der Waals surface area contributed by atoms with Gasteiger partial charge >= 0.3 is 0 Å². The lowest BCUT2D eigenvalue weighted by Gasteiger charge is -2.36. The summed E-state index contributed by atoms with van der Waals surface area (Å²) >= 11 is 0. The normalized spacial score (nSPS) is 15.8. The first kappa shape index (κ1) is 15.7. The highest BCUT2D eigenvalue weighted by atomic mass is 15.2. The van der Waals surface area contributed by atoms with Crippen molar-refractivity contribution in [1.29, 1.82) is 0 Å². The molecular formula is C15H26N2. The summed E-state index contributed by atoms with van der Waals surface area (Å²) in [5.74, 6) is 0. The smallest absolute Gasteiger partial charge is 0.0529 e. The maximum Gasteiger partial charge on any atom is 0.0529 e. The molecule has 0 aromatic heterocycles. The average Bonchev–Trinajstić information content (AvgIpc) is 2.35. The topological polar surface area (TPSA) is 15.3 Å². The summed E-state index contributed by atoms with van der Waals surface area (Å²) in [6.45, 7) is 14.4. The summed E-state index contributed by atoms with van der Waals surface area (Å²) in [4.78, 5) is 2.11. The molecule has 0 aliphatic carbocycles. The van der Waals surface area contributed by atoms with Crippen LogP contribution in [0.2, 0.25) is 0 Å². The molecule has 0 saturated heterocycles. The Balaban J connectivity index is 0.00000121. The minimum atomic E-state index is -0.0623. The first-order valence-corrected chi connectivity index (χ1v) is 6.21. The van der Waals surface area contributed by atoms with Crippen molar-refractivity contribution in [2.45, 2.75) is 40.2 Å². The van der Waals surface area contributed by atoms with Crippen LogP contribution in [0.3, 0.4) is 0 Å². The van der Waals surface area contributed by atoms with E-state index in [1.54, 1.807) is 0 Å². The number of rotatable bonds is 3. The van der Waals surface area contributed by atoms with Crippen molar-refractivity contribution in [2.24, 2.45) is 0 Å². The number of nitrogens with zero attached hydrogens (tertiary/aromatic N) is 1. The van der Waals surface area contributed by atoms with Gasteiger partial charge < -0.3 is 10.2 Å². The fourth-order valence-corrected chi connectivity index (χ4v) is 1.64. The fourth-order valence-electron chi connectivity index (χ4n) is 1.64. The van der Waals surface area contributed by atoms with Crippen molar-refractivity contribution in [1.82, 2.24) is 10.2 Å². The van der Waals surface area contributed by atoms with E-state index in [2.05, 4.69) is 36.7 Å². The lowest BCUT2D eigenvalue weighted by atomic mass is 9.98. The molecule has 0 saturated carbocycles. The number of nitrogens with one attached hydrogen (secondary N) is 1. The standard InChI is InChI=1S/C13H20N2.C2H6/c1-6-12(13(3,4)14-5)15-10-8-7-9-11(15)2;1-2/h6-10,14H,2H2,1,3-5H3;1-2H3/b12-6-;. The van der Waals surface area contributed by atoms with Gasteiger partial charge in [0.25, 0.3) is 0 Å². The fraction of sp³-hybridized carbons (Fsp3) is 0.467. The highest BCUT2D eigenvalue weighted by Crippen LogP contribution is 2.25. The Labute approximate surface area is 106 Å². The van der Waals surface area contributed by atoms with E-state index in [0.717, 1.165) is 5.70 Å². The molecule has 1 heterocycles. The van der Waals surface area contributed by atoms with Gasteiger partial charge in [0.05, 0.1) is 5.54 Å². The predicted molar refractivity (Wildman–Crippen MR) is 77.5 cm³/mol. The van der Waals surface area contributed by atoms with E-state index in [0.29, 0.717) is 0 Å². The summed E-state index contributed by atoms with van der Waals surface area (Å²) in [7, 11) is 1.97. The van der Waals surface area contributed by atoms with Gasteiger partial charge in [0.2, 0.25) is 0 Å². The third kappa shape index (κ3) is 3.90. The molecule has 1 rings (SSSR count). The molecule has 0 spiro atoms. The van der Waals surface area contributed by atoms with Crippen LogP contribution in [-0.4, -0.2) is 17.5 Å². The number of allylic oxidation sites excluding steroid dienone is 4. The van der Waals surface area contributed by atoms with Gasteiger partial charge in [0.1, 0.15) is 0 Å². The van der Waals surface area contributed by atoms with Crippen LogP contribution >= 0.6 is 0 Å². The van der Waals surface area contributed by atoms with Gasteiger partial charge in [0.15, 0.2) is 0 Å². The molecule has 0 amide bonds. The molecule has 2 nitrogen and oxygen atoms in total. The van der Waals surface area contributed by atoms with E-state index in [9.17, 15) is 0 Å². The average molecular weight is 234 g/mol. The zero-order valence-electron chi connectivity index (χ0n) is 12.0. The number of likely N-dealkylation sites (N-methyl/N-ethyl adjacent to an activating group) is 1. The lowest BCUT2D eigenvalue weighted by Crippen LogP contribution is -2.43. The van der Waals surface area contributed by atoms with Crippen LogP contribution in [-0.2, 0) is 0 Å². The molecule has 0 radical (unpaired) electrons. The van der Waals surface area contributed by atoms with Gasteiger partial charge in [-0.15, -0.1) is 0 Å². The van der Waals surface area contributed by atoms with Gasteiger partial charge in [-0.05, 0) is 40.0 Å². The molecule has 1 aliphatic rings. The Morgan fingerprint density at radius 2 is 1.94 bits per heavy atom. The van der Waals surface area contributed by atoms with Crippen LogP contribution in [0.25, 0.3) is 0 Å². The van der Waals surface area contributed by atoms with Crippen molar-refractivity contribution in [3.8, 4) is 0 Å². The quantitative estimate of drug-likeness (QED) is 0.798. The van der Waals surface area contributed by atoms with E-state index in [1.165, 1.54) is 5.70 Å². The predicted octanol–water partition coefficient (Wildman–Crippen LogP) is 3.81. The van der Waals surface area contributed by atoms with Crippen molar-refractivity contribution in [3.63, 3.8) is 0 Å². The van der Waals surface area contributed by atoms with Crippen LogP contribution < -0.4 is 5.32 Å². The molecule has 0 unspecified atom stereocenters. The Bertz CT molecular complexity index is 333. The minimum absolute atomic E-state index is 0.0623. The van der Waals surface area contributed by atoms with Crippen molar-refractivity contribution in [3.05, 3.63) is 48.5 Å². The minimum Gasteiger partial charge on any atom is -0.320 e. The molecule has 0 atom stereocenters. The summed E-state index contributed by atoms with van der Waals surface area (Å²) in [5.41, 5.74) is 2.14. The van der Waals surface area contributed by atoms with E-state index >= 15 is 0 Å². The van der Waals surface area contributed by atoms with E-state index in [4.69, 9.17) is 0 Å². The summed E-state index contributed by atoms with van der Waals surface area (Å²) in [6.07, 6.45) is 10.2. The Hall–Kier alpha value is -1.28. The summed E-state index contributed by atoms with van der Waals surface area (Å²) in [5, 5.41) is 3.30. The molecule has 0 bridgehead atoms. The molecular weight excluding hydrogens is 208 g/mol. The Morgan fingerprint density at radius 1 is 1.35 bits per heavy atom. The van der Waals surface area contributed by atoms with Gasteiger partial charge in [-0.25, -0.2) is 0 Å². The van der Waals surface area contributed by atoms with Gasteiger partial charge in [0, 0.05) is 17.6 Å². The molecule has 1 N–H and O–H groups in total. The first-order chi connectivity index (χ1) is 8.03. The van der Waals surface area contributed by atoms with Crippen molar-refractivity contribution in [2.75, 3.05) is 7.05 Å². The van der Waals surface area contributed by atoms with Crippen LogP contribution in [0.4, 0.5) is 0 Å². The van der Waals surface area contributed by atoms with Crippen molar-refractivity contribution >= 4 is 0 Å². The molecule has 0 aromatic rings. The molecule has 1 aliphatic heterocycles. The number of hydrogen-bond donors (Lipinski definition) is 1. The van der Waals surface area contributed by atoms with Crippen LogP contribution in [0.5, 0.6) is 0 Å². The first-order valence-electron chi connectivity index (χ1n) is 6.21. The highest BCUT2D eigenvalue weighted by Gasteiger charge is 2.25. The van der Waals surface area contributed by atoms with Crippen molar-refractivity contribution < 1.29 is 0 Å². The SMILES string of the molecule is C=C1C=CC=CN1/C(=C\C)C(C)(C)NC.CC. The summed E-state index contributed by atoms with van der Waals surface area (Å²) < 4.78 is 0. The monoisotopic (exact) mass is 234 g/mol. The second-order valence-corrected chi connectivity index (χ2v) is 4.11. The van der Waals surface area contributed by atoms with Crippen LogP contribution in [0.15, 0.2) is 48.5 Å². The van der Waals surface area contributed by atoms with E-state index < -0.39 is 0 Å². The second-order valence-electron chi connectivity index (χ2n) is 4.11. The highest BCUT2D eigenvalue weighted by molar-refractivity contribution is 5.33. The van der Waals surface area contributed by atoms with Gasteiger partial charge in [-0.2, -0.15) is 0 Å². The van der Waals surface area contributed by atoms with Gasteiger partial charge in [-0.3, -0.25) is 0 Å².